The van der Waals surface area contributed by atoms with Crippen LogP contribution in [-0.2, 0) is 4.74 Å². The van der Waals surface area contributed by atoms with Crippen molar-refractivity contribution in [2.24, 2.45) is 5.73 Å². The third-order valence-corrected chi connectivity index (χ3v) is 3.28. The van der Waals surface area contributed by atoms with Crippen molar-refractivity contribution >= 4 is 11.7 Å². The fourth-order valence-electron chi connectivity index (χ4n) is 2.27. The Morgan fingerprint density at radius 2 is 2.06 bits per heavy atom. The molecule has 0 radical (unpaired) electrons. The maximum atomic E-state index is 11.9. The zero-order valence-electron chi connectivity index (χ0n) is 10.8. The molecule has 98 valence electrons. The third kappa shape index (κ3) is 2.82. The highest BCUT2D eigenvalue weighted by Crippen LogP contribution is 2.24. The molecule has 1 aliphatic heterocycles. The van der Waals surface area contributed by atoms with E-state index in [-0.39, 0.29) is 12.0 Å². The Balaban J connectivity index is 2.19. The number of nitrogens with zero attached hydrogens (tertiary/aromatic N) is 1. The Morgan fingerprint density at radius 3 is 2.72 bits per heavy atom. The number of nitrogens with two attached hydrogens (primary N) is 1. The molecule has 1 fully saturated rings. The number of rotatable bonds is 3. The van der Waals surface area contributed by atoms with Gasteiger partial charge in [-0.05, 0) is 31.9 Å². The minimum absolute atomic E-state index is 0.247. The Labute approximate surface area is 108 Å². The van der Waals surface area contributed by atoms with E-state index in [1.807, 2.05) is 31.2 Å². The Hall–Kier alpha value is -1.55. The monoisotopic (exact) mass is 248 g/mol. The number of benzene rings is 1. The van der Waals surface area contributed by atoms with Gasteiger partial charge in [0.25, 0.3) is 0 Å². The average Bonchev–Trinajstić information content (AvgIpc) is 2.40. The largest absolute Gasteiger partial charge is 0.462 e. The first-order valence-electron chi connectivity index (χ1n) is 6.49. The summed E-state index contributed by atoms with van der Waals surface area (Å²) in [6, 6.07) is 7.90. The molecular weight excluding hydrogens is 228 g/mol. The lowest BCUT2D eigenvalue weighted by atomic mass is 10.0. The van der Waals surface area contributed by atoms with E-state index in [4.69, 9.17) is 10.5 Å². The number of piperidine rings is 1. The van der Waals surface area contributed by atoms with Crippen molar-refractivity contribution in [3.63, 3.8) is 0 Å². The molecule has 2 N–H and O–H groups in total. The molecule has 2 rings (SSSR count). The van der Waals surface area contributed by atoms with Gasteiger partial charge in [0.15, 0.2) is 0 Å². The zero-order valence-corrected chi connectivity index (χ0v) is 10.8. The van der Waals surface area contributed by atoms with E-state index in [9.17, 15) is 4.79 Å². The van der Waals surface area contributed by atoms with E-state index in [1.54, 1.807) is 0 Å². The number of carbonyl (C=O) groups is 1. The molecule has 18 heavy (non-hydrogen) atoms. The predicted octanol–water partition coefficient (Wildman–Crippen LogP) is 1.79. The van der Waals surface area contributed by atoms with Crippen LogP contribution in [0.1, 0.15) is 30.1 Å². The van der Waals surface area contributed by atoms with Crippen LogP contribution < -0.4 is 10.6 Å². The first-order valence-corrected chi connectivity index (χ1v) is 6.49. The average molecular weight is 248 g/mol. The van der Waals surface area contributed by atoms with E-state index in [0.717, 1.165) is 31.6 Å². The number of hydrogen-bond acceptors (Lipinski definition) is 4. The molecule has 0 spiro atoms. The second kappa shape index (κ2) is 5.87. The van der Waals surface area contributed by atoms with Crippen molar-refractivity contribution in [2.45, 2.75) is 25.8 Å². The van der Waals surface area contributed by atoms with Gasteiger partial charge in [-0.2, -0.15) is 0 Å². The predicted molar refractivity (Wildman–Crippen MR) is 71.8 cm³/mol. The fraction of sp³-hybridized carbons (Fsp3) is 0.500. The van der Waals surface area contributed by atoms with Crippen LogP contribution in [0.5, 0.6) is 0 Å². The van der Waals surface area contributed by atoms with E-state index in [0.29, 0.717) is 12.2 Å². The van der Waals surface area contributed by atoms with Gasteiger partial charge in [0.1, 0.15) is 0 Å². The van der Waals surface area contributed by atoms with Crippen molar-refractivity contribution in [1.82, 2.24) is 0 Å². The molecule has 0 amide bonds. The van der Waals surface area contributed by atoms with E-state index >= 15 is 0 Å². The van der Waals surface area contributed by atoms with Crippen LogP contribution in [0.15, 0.2) is 24.3 Å². The standard InChI is InChI=1S/C14H20N2O2/c1-2-18-14(17)12-5-3-4-6-13(12)16-9-7-11(15)8-10-16/h3-6,11H,2,7-10,15H2,1H3. The molecule has 4 heteroatoms. The lowest BCUT2D eigenvalue weighted by molar-refractivity contribution is 0.0527. The minimum atomic E-state index is -0.247. The van der Waals surface area contributed by atoms with Gasteiger partial charge in [-0.25, -0.2) is 4.79 Å². The zero-order chi connectivity index (χ0) is 13.0. The quantitative estimate of drug-likeness (QED) is 0.829. The van der Waals surface area contributed by atoms with Crippen LogP contribution in [0.3, 0.4) is 0 Å². The Morgan fingerprint density at radius 1 is 1.39 bits per heavy atom. The minimum Gasteiger partial charge on any atom is -0.462 e. The molecule has 0 aliphatic carbocycles. The summed E-state index contributed by atoms with van der Waals surface area (Å²) >= 11 is 0. The summed E-state index contributed by atoms with van der Waals surface area (Å²) in [5.74, 6) is -0.247. The summed E-state index contributed by atoms with van der Waals surface area (Å²) in [7, 11) is 0. The van der Waals surface area contributed by atoms with Gasteiger partial charge in [0.2, 0.25) is 0 Å². The summed E-state index contributed by atoms with van der Waals surface area (Å²) in [6.07, 6.45) is 1.94. The Bertz CT molecular complexity index is 412. The molecule has 1 aromatic carbocycles. The second-order valence-corrected chi connectivity index (χ2v) is 4.56. The van der Waals surface area contributed by atoms with Crippen LogP contribution in [0.25, 0.3) is 0 Å². The van der Waals surface area contributed by atoms with Crippen molar-refractivity contribution in [2.75, 3.05) is 24.6 Å². The van der Waals surface area contributed by atoms with Crippen molar-refractivity contribution < 1.29 is 9.53 Å². The normalized spacial score (nSPS) is 16.7. The van der Waals surface area contributed by atoms with E-state index < -0.39 is 0 Å². The molecule has 0 bridgehead atoms. The maximum absolute atomic E-state index is 11.9. The topological polar surface area (TPSA) is 55.6 Å². The molecular formula is C14H20N2O2. The molecule has 1 aliphatic rings. The van der Waals surface area contributed by atoms with Crippen molar-refractivity contribution in [1.29, 1.82) is 0 Å². The molecule has 0 unspecified atom stereocenters. The highest BCUT2D eigenvalue weighted by Gasteiger charge is 2.21. The summed E-state index contributed by atoms with van der Waals surface area (Å²) in [6.45, 7) is 4.02. The molecule has 4 nitrogen and oxygen atoms in total. The molecule has 0 atom stereocenters. The van der Waals surface area contributed by atoms with Gasteiger partial charge in [0, 0.05) is 19.1 Å². The SMILES string of the molecule is CCOC(=O)c1ccccc1N1CCC(N)CC1. The van der Waals surface area contributed by atoms with Crippen LogP contribution in [-0.4, -0.2) is 31.7 Å². The highest BCUT2D eigenvalue weighted by atomic mass is 16.5. The number of hydrogen-bond donors (Lipinski definition) is 1. The van der Waals surface area contributed by atoms with Crippen LogP contribution >= 0.6 is 0 Å². The molecule has 1 aromatic rings. The lowest BCUT2D eigenvalue weighted by Gasteiger charge is -2.32. The highest BCUT2D eigenvalue weighted by molar-refractivity contribution is 5.95. The van der Waals surface area contributed by atoms with Gasteiger partial charge < -0.3 is 15.4 Å². The van der Waals surface area contributed by atoms with E-state index in [1.165, 1.54) is 0 Å². The van der Waals surface area contributed by atoms with Gasteiger partial charge in [-0.15, -0.1) is 0 Å². The first kappa shape index (κ1) is 12.9. The summed E-state index contributed by atoms with van der Waals surface area (Å²) in [5.41, 5.74) is 7.51. The number of ether oxygens (including phenoxy) is 1. The number of para-hydroxylation sites is 1. The summed E-state index contributed by atoms with van der Waals surface area (Å²) in [5, 5.41) is 0. The van der Waals surface area contributed by atoms with Gasteiger partial charge in [0.05, 0.1) is 17.9 Å². The molecule has 1 heterocycles. The van der Waals surface area contributed by atoms with Crippen molar-refractivity contribution in [3.8, 4) is 0 Å². The van der Waals surface area contributed by atoms with Gasteiger partial charge in [-0.3, -0.25) is 0 Å². The summed E-state index contributed by atoms with van der Waals surface area (Å²) in [4.78, 5) is 14.1. The number of anilines is 1. The lowest BCUT2D eigenvalue weighted by Crippen LogP contribution is -2.40. The maximum Gasteiger partial charge on any atom is 0.340 e. The molecule has 1 saturated heterocycles. The smallest absolute Gasteiger partial charge is 0.340 e. The van der Waals surface area contributed by atoms with E-state index in [2.05, 4.69) is 4.90 Å². The first-order chi connectivity index (χ1) is 8.72. The van der Waals surface area contributed by atoms with Crippen molar-refractivity contribution in [3.05, 3.63) is 29.8 Å². The molecule has 0 aromatic heterocycles. The van der Waals surface area contributed by atoms with Crippen LogP contribution in [0.2, 0.25) is 0 Å². The van der Waals surface area contributed by atoms with Crippen LogP contribution in [0, 0.1) is 0 Å². The fourth-order valence-corrected chi connectivity index (χ4v) is 2.27. The van der Waals surface area contributed by atoms with Gasteiger partial charge >= 0.3 is 5.97 Å². The molecule has 0 saturated carbocycles. The third-order valence-electron chi connectivity index (χ3n) is 3.28. The van der Waals surface area contributed by atoms with Crippen LogP contribution in [0.4, 0.5) is 5.69 Å². The number of esters is 1. The number of carbonyl (C=O) groups excluding carboxylic acids is 1. The summed E-state index contributed by atoms with van der Waals surface area (Å²) < 4.78 is 5.09. The Kier molecular flexibility index (Phi) is 4.20. The second-order valence-electron chi connectivity index (χ2n) is 4.56. The van der Waals surface area contributed by atoms with Gasteiger partial charge in [-0.1, -0.05) is 12.1 Å².